The van der Waals surface area contributed by atoms with Gasteiger partial charge in [0.05, 0.1) is 16.7 Å². The molecule has 0 heterocycles. The average Bonchev–Trinajstić information content (AvgIpc) is 2.79. The van der Waals surface area contributed by atoms with E-state index in [-0.39, 0.29) is 49.0 Å². The maximum Gasteiger partial charge on any atom is 0.524 e. The zero-order valence-corrected chi connectivity index (χ0v) is 21.5. The number of aliphatic hydroxyl groups excluding tert-OH is 3. The van der Waals surface area contributed by atoms with Gasteiger partial charge in [0.2, 0.25) is 0 Å². The van der Waals surface area contributed by atoms with Crippen molar-refractivity contribution in [2.45, 2.75) is 31.6 Å². The number of nitrogens with one attached hydrogen (secondary N) is 1. The van der Waals surface area contributed by atoms with E-state index in [0.29, 0.717) is 19.3 Å². The third kappa shape index (κ3) is 12.6. The van der Waals surface area contributed by atoms with E-state index in [1.54, 1.807) is 5.32 Å². The van der Waals surface area contributed by atoms with Crippen LogP contribution in [0.4, 0.5) is 32.0 Å². The summed E-state index contributed by atoms with van der Waals surface area (Å²) in [5, 5.41) is 27.3. The molecule has 17 heteroatoms. The molecule has 0 aromatic heterocycles. The van der Waals surface area contributed by atoms with Gasteiger partial charge in [-0.25, -0.2) is 4.57 Å². The Morgan fingerprint density at radius 2 is 1.33 bits per heavy atom. The van der Waals surface area contributed by atoms with Gasteiger partial charge >= 0.3 is 20.2 Å². The molecule has 0 fully saturated rings. The smallest absolute Gasteiger partial charge is 0.403 e. The Balaban J connectivity index is 0.000000646. The second-order valence-corrected chi connectivity index (χ2v) is 9.47. The first-order chi connectivity index (χ1) is 17.9. The minimum atomic E-state index is -5.13. The molecule has 0 bridgehead atoms. The number of rotatable bonds is 10. The summed E-state index contributed by atoms with van der Waals surface area (Å²) in [6, 6.07) is 3.25. The van der Waals surface area contributed by atoms with Crippen molar-refractivity contribution in [2.24, 2.45) is 5.92 Å². The molecule has 0 unspecified atom stereocenters. The number of aliphatic hydroxyl groups is 3. The van der Waals surface area contributed by atoms with Gasteiger partial charge < -0.3 is 25.2 Å². The van der Waals surface area contributed by atoms with Gasteiger partial charge in [0, 0.05) is 30.5 Å². The lowest BCUT2D eigenvalue weighted by Crippen LogP contribution is -2.16. The second-order valence-electron chi connectivity index (χ2n) is 7.87. The Morgan fingerprint density at radius 1 is 0.872 bits per heavy atom. The molecular formula is C22H25ClF6NO8P. The zero-order chi connectivity index (χ0) is 30.0. The number of benzene rings is 2. The van der Waals surface area contributed by atoms with Crippen LogP contribution in [0.5, 0.6) is 5.75 Å². The highest BCUT2D eigenvalue weighted by molar-refractivity contribution is 7.46. The Hall–Kier alpha value is -2.39. The minimum Gasteiger partial charge on any atom is -0.403 e. The van der Waals surface area contributed by atoms with Crippen LogP contribution in [0.15, 0.2) is 36.4 Å². The van der Waals surface area contributed by atoms with E-state index in [0.717, 1.165) is 18.2 Å². The van der Waals surface area contributed by atoms with Gasteiger partial charge in [-0.1, -0.05) is 11.6 Å². The van der Waals surface area contributed by atoms with Gasteiger partial charge in [-0.3, -0.25) is 14.6 Å². The summed E-state index contributed by atoms with van der Waals surface area (Å²) in [5.74, 6) is -1.73. The van der Waals surface area contributed by atoms with E-state index >= 15 is 0 Å². The van der Waals surface area contributed by atoms with Crippen LogP contribution in [-0.2, 0) is 16.9 Å². The molecular weight excluding hydrogens is 587 g/mol. The topological polar surface area (TPSA) is 157 Å². The van der Waals surface area contributed by atoms with Gasteiger partial charge in [-0.15, -0.1) is 0 Å². The van der Waals surface area contributed by atoms with E-state index in [1.165, 1.54) is 0 Å². The molecule has 6 N–H and O–H groups in total. The predicted molar refractivity (Wildman–Crippen MR) is 127 cm³/mol. The van der Waals surface area contributed by atoms with Crippen LogP contribution in [0.3, 0.4) is 0 Å². The SMILES string of the molecule is O=C(Nc1cc(C(F)(F)F)cc(C(F)(F)F)c1)c1cc(Cl)ccc1OP(=O)(O)O.OCCC(CCO)CCO. The van der Waals surface area contributed by atoms with Crippen LogP contribution in [0.2, 0.25) is 5.02 Å². The van der Waals surface area contributed by atoms with Crippen LogP contribution in [0.1, 0.15) is 40.7 Å². The lowest BCUT2D eigenvalue weighted by molar-refractivity contribution is -0.143. The fraction of sp³-hybridized carbons (Fsp3) is 0.409. The highest BCUT2D eigenvalue weighted by Gasteiger charge is 2.37. The summed E-state index contributed by atoms with van der Waals surface area (Å²) in [6.07, 6.45) is -8.22. The van der Waals surface area contributed by atoms with Crippen molar-refractivity contribution in [1.82, 2.24) is 0 Å². The van der Waals surface area contributed by atoms with Crippen molar-refractivity contribution < 1.29 is 65.3 Å². The van der Waals surface area contributed by atoms with Gasteiger partial charge in [0.15, 0.2) is 0 Å². The molecule has 39 heavy (non-hydrogen) atoms. The molecule has 0 aliphatic carbocycles. The largest absolute Gasteiger partial charge is 0.524 e. The minimum absolute atomic E-state index is 0.117. The second kappa shape index (κ2) is 14.8. The Bertz CT molecular complexity index is 1100. The molecule has 0 saturated heterocycles. The number of amides is 1. The van der Waals surface area contributed by atoms with Crippen molar-refractivity contribution in [3.63, 3.8) is 0 Å². The van der Waals surface area contributed by atoms with Gasteiger partial charge in [0.25, 0.3) is 5.91 Å². The van der Waals surface area contributed by atoms with Crippen molar-refractivity contribution in [2.75, 3.05) is 25.1 Å². The van der Waals surface area contributed by atoms with Crippen LogP contribution >= 0.6 is 19.4 Å². The molecule has 0 spiro atoms. The first kappa shape index (κ1) is 34.6. The zero-order valence-electron chi connectivity index (χ0n) is 19.8. The standard InChI is InChI=1S/C15H9ClF6NO5P.C7H16O3/c16-9-1-2-12(28-29(25,26)27)11(6-9)13(24)23-10-4-7(14(17,18)19)3-8(5-10)15(20,21)22;8-4-1-7(2-5-9)3-6-10/h1-6H,(H,23,24)(H2,25,26,27);7-10H,1-6H2. The number of anilines is 1. The van der Waals surface area contributed by atoms with E-state index in [4.69, 9.17) is 36.7 Å². The number of hydrogen-bond acceptors (Lipinski definition) is 6. The first-order valence-electron chi connectivity index (χ1n) is 10.9. The Labute approximate surface area is 223 Å². The van der Waals surface area contributed by atoms with Crippen molar-refractivity contribution in [1.29, 1.82) is 0 Å². The molecule has 2 rings (SSSR count). The van der Waals surface area contributed by atoms with Crippen molar-refractivity contribution in [3.8, 4) is 5.75 Å². The quantitative estimate of drug-likeness (QED) is 0.164. The monoisotopic (exact) mass is 611 g/mol. The molecule has 2 aromatic rings. The summed E-state index contributed by atoms with van der Waals surface area (Å²) in [5.41, 5.74) is -4.83. The normalized spacial score (nSPS) is 12.1. The highest BCUT2D eigenvalue weighted by Crippen LogP contribution is 2.41. The molecule has 0 saturated carbocycles. The fourth-order valence-electron chi connectivity index (χ4n) is 3.09. The lowest BCUT2D eigenvalue weighted by atomic mass is 9.99. The van der Waals surface area contributed by atoms with E-state index < -0.39 is 54.2 Å². The van der Waals surface area contributed by atoms with Crippen LogP contribution in [0, 0.1) is 5.92 Å². The average molecular weight is 612 g/mol. The summed E-state index contributed by atoms with van der Waals surface area (Å²) in [4.78, 5) is 30.1. The number of phosphoric acid groups is 1. The highest BCUT2D eigenvalue weighted by atomic mass is 35.5. The third-order valence-corrected chi connectivity index (χ3v) is 5.53. The molecule has 1 amide bonds. The predicted octanol–water partition coefficient (Wildman–Crippen LogP) is 4.85. The van der Waals surface area contributed by atoms with Crippen molar-refractivity contribution in [3.05, 3.63) is 58.1 Å². The molecule has 0 atom stereocenters. The summed E-state index contributed by atoms with van der Waals surface area (Å²) < 4.78 is 92.6. The fourth-order valence-corrected chi connectivity index (χ4v) is 3.68. The van der Waals surface area contributed by atoms with E-state index in [1.807, 2.05) is 0 Å². The summed E-state index contributed by atoms with van der Waals surface area (Å²) >= 11 is 5.68. The summed E-state index contributed by atoms with van der Waals surface area (Å²) in [7, 11) is -5.13. The summed E-state index contributed by atoms with van der Waals surface area (Å²) in [6.45, 7) is 0.431. The van der Waals surface area contributed by atoms with E-state index in [9.17, 15) is 35.7 Å². The third-order valence-electron chi connectivity index (χ3n) is 4.86. The Morgan fingerprint density at radius 3 is 1.72 bits per heavy atom. The van der Waals surface area contributed by atoms with Crippen LogP contribution in [0.25, 0.3) is 0 Å². The molecule has 0 aliphatic rings. The number of hydrogen-bond donors (Lipinski definition) is 6. The maximum atomic E-state index is 12.9. The lowest BCUT2D eigenvalue weighted by Gasteiger charge is -2.16. The van der Waals surface area contributed by atoms with Gasteiger partial charge in [-0.05, 0) is 61.6 Å². The van der Waals surface area contributed by atoms with Crippen LogP contribution in [-0.4, -0.2) is 50.8 Å². The molecule has 2 aromatic carbocycles. The number of carbonyl (C=O) groups excluding carboxylic acids is 1. The first-order valence-corrected chi connectivity index (χ1v) is 12.8. The molecule has 9 nitrogen and oxygen atoms in total. The van der Waals surface area contributed by atoms with Crippen molar-refractivity contribution >= 4 is 31.0 Å². The molecule has 220 valence electrons. The molecule has 0 radical (unpaired) electrons. The number of phosphoric ester groups is 1. The van der Waals surface area contributed by atoms with E-state index in [2.05, 4.69) is 4.52 Å². The number of halogens is 7. The maximum absolute atomic E-state index is 12.9. The number of carbonyl (C=O) groups is 1. The Kier molecular flexibility index (Phi) is 13.2. The molecule has 0 aliphatic heterocycles. The van der Waals surface area contributed by atoms with Gasteiger partial charge in [0.1, 0.15) is 5.75 Å². The van der Waals surface area contributed by atoms with Gasteiger partial charge in [-0.2, -0.15) is 26.3 Å². The van der Waals surface area contributed by atoms with Crippen LogP contribution < -0.4 is 9.84 Å². The number of alkyl halides is 6.